The van der Waals surface area contributed by atoms with Gasteiger partial charge in [0.1, 0.15) is 11.7 Å². The van der Waals surface area contributed by atoms with E-state index in [-0.39, 0.29) is 23.0 Å². The number of ether oxygens (including phenoxy) is 2. The number of likely N-dealkylation sites (tertiary alicyclic amines) is 1. The highest BCUT2D eigenvalue weighted by atomic mass is 35.5. The molecule has 1 aromatic rings. The fraction of sp³-hybridized carbons (Fsp3) is 0.588. The normalized spacial score (nSPS) is 16.3. The fourth-order valence-electron chi connectivity index (χ4n) is 2.44. The van der Waals surface area contributed by atoms with Gasteiger partial charge in [-0.25, -0.2) is 9.18 Å². The molecule has 1 aliphatic rings. The molecule has 0 atom stereocenters. The van der Waals surface area contributed by atoms with Gasteiger partial charge in [0.25, 0.3) is 0 Å². The van der Waals surface area contributed by atoms with Gasteiger partial charge in [-0.05, 0) is 45.4 Å². The summed E-state index contributed by atoms with van der Waals surface area (Å²) in [6.07, 6.45) is 0.802. The number of halogens is 2. The summed E-state index contributed by atoms with van der Waals surface area (Å²) in [5.41, 5.74) is 0.337. The summed E-state index contributed by atoms with van der Waals surface area (Å²) in [5, 5.41) is 0.0613. The number of rotatable bonds is 2. The zero-order chi connectivity index (χ0) is 17.2. The Labute approximate surface area is 141 Å². The van der Waals surface area contributed by atoms with Crippen molar-refractivity contribution in [2.45, 2.75) is 52.2 Å². The number of amides is 1. The van der Waals surface area contributed by atoms with Crippen molar-refractivity contribution in [1.82, 2.24) is 4.90 Å². The van der Waals surface area contributed by atoms with E-state index < -0.39 is 11.4 Å². The van der Waals surface area contributed by atoms with Crippen molar-refractivity contribution in [1.29, 1.82) is 0 Å². The molecule has 1 aromatic carbocycles. The molecule has 0 aliphatic carbocycles. The lowest BCUT2D eigenvalue weighted by Gasteiger charge is -2.33. The van der Waals surface area contributed by atoms with E-state index in [0.717, 1.165) is 5.56 Å². The second kappa shape index (κ2) is 6.95. The van der Waals surface area contributed by atoms with E-state index in [1.807, 2.05) is 27.7 Å². The van der Waals surface area contributed by atoms with Gasteiger partial charge in [-0.2, -0.15) is 0 Å². The van der Waals surface area contributed by atoms with Crippen LogP contribution in [0.4, 0.5) is 9.18 Å². The van der Waals surface area contributed by atoms with E-state index in [1.54, 1.807) is 17.0 Å². The molecule has 128 valence electrons. The fourth-order valence-corrected chi connectivity index (χ4v) is 2.71. The van der Waals surface area contributed by atoms with E-state index in [2.05, 4.69) is 0 Å². The van der Waals surface area contributed by atoms with E-state index in [4.69, 9.17) is 21.1 Å². The summed E-state index contributed by atoms with van der Waals surface area (Å²) in [6.45, 7) is 8.41. The van der Waals surface area contributed by atoms with Gasteiger partial charge in [-0.1, -0.05) is 11.6 Å². The Kier molecular flexibility index (Phi) is 5.40. The van der Waals surface area contributed by atoms with Crippen LogP contribution in [0.2, 0.25) is 5.02 Å². The van der Waals surface area contributed by atoms with Crippen LogP contribution in [-0.4, -0.2) is 35.8 Å². The molecule has 1 aliphatic heterocycles. The molecule has 0 N–H and O–H groups in total. The summed E-state index contributed by atoms with van der Waals surface area (Å²) in [7, 11) is 0. The third-order valence-corrected chi connectivity index (χ3v) is 3.80. The Morgan fingerprint density at radius 3 is 2.48 bits per heavy atom. The molecular weight excluding hydrogens is 321 g/mol. The average Bonchev–Trinajstić information content (AvgIpc) is 2.43. The minimum Gasteiger partial charge on any atom is -0.487 e. The van der Waals surface area contributed by atoms with E-state index in [9.17, 15) is 9.18 Å². The molecule has 0 spiro atoms. The second-order valence-electron chi connectivity index (χ2n) is 6.84. The van der Waals surface area contributed by atoms with Crippen LogP contribution in [-0.2, 0) is 4.74 Å². The number of aryl methyl sites for hydroxylation is 1. The molecule has 0 unspecified atom stereocenters. The Hall–Kier alpha value is -1.49. The SMILES string of the molecule is Cc1cc(Cl)c(F)c(OC2CCN(C(=O)OC(C)(C)C)CC2)c1. The quantitative estimate of drug-likeness (QED) is 0.789. The molecule has 6 heteroatoms. The maximum atomic E-state index is 14.0. The number of hydrogen-bond acceptors (Lipinski definition) is 3. The van der Waals surface area contributed by atoms with Gasteiger partial charge in [-0.15, -0.1) is 0 Å². The first-order chi connectivity index (χ1) is 10.7. The molecule has 2 rings (SSSR count). The summed E-state index contributed by atoms with van der Waals surface area (Å²) < 4.78 is 25.1. The topological polar surface area (TPSA) is 38.8 Å². The molecule has 1 fully saturated rings. The number of hydrogen-bond donors (Lipinski definition) is 0. The van der Waals surface area contributed by atoms with Crippen molar-refractivity contribution >= 4 is 17.7 Å². The molecule has 4 nitrogen and oxygen atoms in total. The molecule has 0 aromatic heterocycles. The minimum absolute atomic E-state index is 0.0613. The van der Waals surface area contributed by atoms with Gasteiger partial charge in [-0.3, -0.25) is 0 Å². The second-order valence-corrected chi connectivity index (χ2v) is 7.25. The van der Waals surface area contributed by atoms with Gasteiger partial charge in [0.2, 0.25) is 0 Å². The molecule has 0 radical (unpaired) electrons. The van der Waals surface area contributed by atoms with Gasteiger partial charge in [0.05, 0.1) is 5.02 Å². The van der Waals surface area contributed by atoms with Crippen LogP contribution >= 0.6 is 11.6 Å². The van der Waals surface area contributed by atoms with E-state index >= 15 is 0 Å². The Balaban J connectivity index is 1.92. The van der Waals surface area contributed by atoms with Crippen LogP contribution in [0.3, 0.4) is 0 Å². The monoisotopic (exact) mass is 343 g/mol. The largest absolute Gasteiger partial charge is 0.487 e. The highest BCUT2D eigenvalue weighted by Crippen LogP contribution is 2.29. The molecule has 0 bridgehead atoms. The van der Waals surface area contributed by atoms with Gasteiger partial charge < -0.3 is 14.4 Å². The predicted octanol–water partition coefficient (Wildman–Crippen LogP) is 4.57. The summed E-state index contributed by atoms with van der Waals surface area (Å²) >= 11 is 5.84. The first-order valence-electron chi connectivity index (χ1n) is 7.76. The minimum atomic E-state index is -0.535. The molecule has 1 heterocycles. The van der Waals surface area contributed by atoms with Crippen LogP contribution in [0.25, 0.3) is 0 Å². The first kappa shape index (κ1) is 17.9. The summed E-state index contributed by atoms with van der Waals surface area (Å²) in [6, 6.07) is 3.20. The number of carbonyl (C=O) groups is 1. The van der Waals surface area contributed by atoms with Crippen LogP contribution in [0, 0.1) is 12.7 Å². The molecule has 1 saturated heterocycles. The lowest BCUT2D eigenvalue weighted by molar-refractivity contribution is 0.0123. The van der Waals surface area contributed by atoms with Gasteiger partial charge in [0, 0.05) is 25.9 Å². The highest BCUT2D eigenvalue weighted by Gasteiger charge is 2.28. The van der Waals surface area contributed by atoms with E-state index in [1.165, 1.54) is 0 Å². The number of piperidine rings is 1. The zero-order valence-electron chi connectivity index (χ0n) is 14.0. The number of carbonyl (C=O) groups excluding carboxylic acids is 1. The Morgan fingerprint density at radius 1 is 1.30 bits per heavy atom. The van der Waals surface area contributed by atoms with Crippen molar-refractivity contribution in [2.24, 2.45) is 0 Å². The summed E-state index contributed by atoms with van der Waals surface area (Å²) in [5.74, 6) is -0.363. The number of benzene rings is 1. The molecule has 23 heavy (non-hydrogen) atoms. The first-order valence-corrected chi connectivity index (χ1v) is 8.14. The Morgan fingerprint density at radius 2 is 1.91 bits per heavy atom. The maximum absolute atomic E-state index is 14.0. The smallest absolute Gasteiger partial charge is 0.410 e. The lowest BCUT2D eigenvalue weighted by Crippen LogP contribution is -2.44. The molecular formula is C17H23ClFNO3. The van der Waals surface area contributed by atoms with Crippen LogP contribution in [0.5, 0.6) is 5.75 Å². The standard InChI is InChI=1S/C17H23ClFNO3/c1-11-9-13(18)15(19)14(10-11)22-12-5-7-20(8-6-12)16(21)23-17(2,3)4/h9-10,12H,5-8H2,1-4H3. The zero-order valence-corrected chi connectivity index (χ0v) is 14.7. The maximum Gasteiger partial charge on any atom is 0.410 e. The van der Waals surface area contributed by atoms with E-state index in [0.29, 0.717) is 25.9 Å². The van der Waals surface area contributed by atoms with Crippen molar-refractivity contribution < 1.29 is 18.7 Å². The average molecular weight is 344 g/mol. The third-order valence-electron chi connectivity index (χ3n) is 3.53. The predicted molar refractivity (Wildman–Crippen MR) is 87.6 cm³/mol. The van der Waals surface area contributed by atoms with Gasteiger partial charge in [0.15, 0.2) is 11.6 Å². The third kappa shape index (κ3) is 4.99. The van der Waals surface area contributed by atoms with Crippen molar-refractivity contribution in [2.75, 3.05) is 13.1 Å². The lowest BCUT2D eigenvalue weighted by atomic mass is 10.1. The van der Waals surface area contributed by atoms with Crippen LogP contribution in [0.1, 0.15) is 39.2 Å². The van der Waals surface area contributed by atoms with Crippen molar-refractivity contribution in [3.63, 3.8) is 0 Å². The highest BCUT2D eigenvalue weighted by molar-refractivity contribution is 6.30. The Bertz CT molecular complexity index is 578. The number of nitrogens with zero attached hydrogens (tertiary/aromatic N) is 1. The van der Waals surface area contributed by atoms with Crippen LogP contribution in [0.15, 0.2) is 12.1 Å². The van der Waals surface area contributed by atoms with Crippen molar-refractivity contribution in [3.8, 4) is 5.75 Å². The van der Waals surface area contributed by atoms with Crippen molar-refractivity contribution in [3.05, 3.63) is 28.5 Å². The molecule has 0 saturated carbocycles. The van der Waals surface area contributed by atoms with Gasteiger partial charge >= 0.3 is 6.09 Å². The molecule has 1 amide bonds. The van der Waals surface area contributed by atoms with Crippen LogP contribution < -0.4 is 4.74 Å². The summed E-state index contributed by atoms with van der Waals surface area (Å²) in [4.78, 5) is 13.7.